The van der Waals surface area contributed by atoms with Crippen LogP contribution in [0.4, 0.5) is 24.8 Å². The van der Waals surface area contributed by atoms with Gasteiger partial charge in [0, 0.05) is 54.1 Å². The molecule has 9 nitrogen and oxygen atoms in total. The number of piperidine rings is 1. The molecule has 41 heavy (non-hydrogen) atoms. The van der Waals surface area contributed by atoms with Crippen molar-refractivity contribution in [1.82, 2.24) is 24.3 Å². The Balaban J connectivity index is 1.27. The standard InChI is InChI=1S/C29H28F3N7O2/c1-16-2-3-20(15-39(16)28(41)19-8-9-19)26-37-23(24-25(33)35-12-13-38(24)26)17-4-6-18(7-5-17)27(40)36-22-14-21(10-11-34-22)29(30,31)32/h4-7,10-14,16,19-20H,2-3,8-9,15H2,1H3,(H2,33,35)(H,34,36,40). The fourth-order valence-corrected chi connectivity index (χ4v) is 5.41. The summed E-state index contributed by atoms with van der Waals surface area (Å²) in [6.45, 7) is 2.67. The monoisotopic (exact) mass is 563 g/mol. The molecule has 1 aliphatic heterocycles. The second kappa shape index (κ2) is 10.2. The Kier molecular flexibility index (Phi) is 6.63. The maximum atomic E-state index is 13.0. The molecule has 0 radical (unpaired) electrons. The molecule has 1 saturated carbocycles. The fourth-order valence-electron chi connectivity index (χ4n) is 5.41. The molecule has 1 aliphatic carbocycles. The van der Waals surface area contributed by atoms with Crippen molar-refractivity contribution in [2.45, 2.75) is 50.7 Å². The lowest BCUT2D eigenvalue weighted by atomic mass is 9.92. The number of imidazole rings is 1. The third kappa shape index (κ3) is 5.21. The first-order valence-corrected chi connectivity index (χ1v) is 13.5. The Morgan fingerprint density at radius 1 is 1.02 bits per heavy atom. The van der Waals surface area contributed by atoms with Crippen molar-refractivity contribution in [2.75, 3.05) is 17.6 Å². The number of amides is 2. The first-order valence-electron chi connectivity index (χ1n) is 13.5. The number of hydrogen-bond donors (Lipinski definition) is 2. The van der Waals surface area contributed by atoms with E-state index in [9.17, 15) is 22.8 Å². The first kappa shape index (κ1) is 26.7. The van der Waals surface area contributed by atoms with Gasteiger partial charge in [0.05, 0.1) is 5.56 Å². The largest absolute Gasteiger partial charge is 0.416 e. The summed E-state index contributed by atoms with van der Waals surface area (Å²) in [4.78, 5) is 40.7. The average molecular weight is 564 g/mol. The van der Waals surface area contributed by atoms with Crippen molar-refractivity contribution < 1.29 is 22.8 Å². The lowest BCUT2D eigenvalue weighted by Gasteiger charge is -2.37. The number of carbonyl (C=O) groups is 2. The summed E-state index contributed by atoms with van der Waals surface area (Å²) in [6, 6.07) is 8.35. The lowest BCUT2D eigenvalue weighted by molar-refractivity contribution is -0.138. The van der Waals surface area contributed by atoms with E-state index in [1.54, 1.807) is 30.5 Å². The number of benzene rings is 1. The van der Waals surface area contributed by atoms with Crippen molar-refractivity contribution in [3.05, 3.63) is 71.9 Å². The highest BCUT2D eigenvalue weighted by Crippen LogP contribution is 2.38. The highest BCUT2D eigenvalue weighted by molar-refractivity contribution is 6.04. The predicted molar refractivity (Wildman–Crippen MR) is 146 cm³/mol. The fraction of sp³-hybridized carbons (Fsp3) is 0.345. The average Bonchev–Trinajstić information content (AvgIpc) is 3.73. The minimum atomic E-state index is -4.55. The van der Waals surface area contributed by atoms with Crippen LogP contribution in [0.3, 0.4) is 0 Å². The van der Waals surface area contributed by atoms with Gasteiger partial charge in [-0.1, -0.05) is 12.1 Å². The van der Waals surface area contributed by atoms with E-state index in [0.717, 1.165) is 49.8 Å². The number of nitrogens with two attached hydrogens (primary N) is 1. The van der Waals surface area contributed by atoms with E-state index in [2.05, 4.69) is 22.2 Å². The van der Waals surface area contributed by atoms with Crippen LogP contribution in [0.15, 0.2) is 55.0 Å². The highest BCUT2D eigenvalue weighted by atomic mass is 19.4. The molecule has 3 N–H and O–H groups in total. The second-order valence-electron chi connectivity index (χ2n) is 10.7. The second-order valence-corrected chi connectivity index (χ2v) is 10.7. The van der Waals surface area contributed by atoms with Crippen LogP contribution in [0.1, 0.15) is 60.3 Å². The molecule has 12 heteroatoms. The lowest BCUT2D eigenvalue weighted by Crippen LogP contribution is -2.45. The van der Waals surface area contributed by atoms with Gasteiger partial charge in [0.1, 0.15) is 28.7 Å². The van der Waals surface area contributed by atoms with Gasteiger partial charge in [0.15, 0.2) is 0 Å². The molecule has 2 amide bonds. The molecular weight excluding hydrogens is 535 g/mol. The van der Waals surface area contributed by atoms with Crippen molar-refractivity contribution in [3.8, 4) is 11.3 Å². The summed E-state index contributed by atoms with van der Waals surface area (Å²) < 4.78 is 41.0. The van der Waals surface area contributed by atoms with E-state index < -0.39 is 17.6 Å². The Bertz CT molecular complexity index is 1630. The van der Waals surface area contributed by atoms with Crippen LogP contribution < -0.4 is 11.1 Å². The molecule has 2 fully saturated rings. The van der Waals surface area contributed by atoms with Gasteiger partial charge in [0.2, 0.25) is 5.91 Å². The first-order chi connectivity index (χ1) is 19.6. The van der Waals surface area contributed by atoms with Crippen molar-refractivity contribution in [2.24, 2.45) is 5.92 Å². The van der Waals surface area contributed by atoms with E-state index in [4.69, 9.17) is 10.7 Å². The zero-order valence-electron chi connectivity index (χ0n) is 22.2. The Labute approximate surface area is 233 Å². The number of alkyl halides is 3. The molecule has 0 bridgehead atoms. The molecule has 0 spiro atoms. The summed E-state index contributed by atoms with van der Waals surface area (Å²) in [6.07, 6.45) is 3.53. The van der Waals surface area contributed by atoms with Crippen LogP contribution in [-0.4, -0.2) is 48.7 Å². The molecular formula is C29H28F3N7O2. The van der Waals surface area contributed by atoms with Crippen molar-refractivity contribution in [3.63, 3.8) is 0 Å². The maximum Gasteiger partial charge on any atom is 0.416 e. The van der Waals surface area contributed by atoms with E-state index in [0.29, 0.717) is 29.1 Å². The number of carbonyl (C=O) groups excluding carboxylic acids is 2. The van der Waals surface area contributed by atoms with Crippen LogP contribution >= 0.6 is 0 Å². The minimum absolute atomic E-state index is 0.0157. The van der Waals surface area contributed by atoms with Gasteiger partial charge in [-0.15, -0.1) is 0 Å². The predicted octanol–water partition coefficient (Wildman–Crippen LogP) is 5.15. The number of nitrogens with one attached hydrogen (secondary N) is 1. The molecule has 212 valence electrons. The number of nitrogen functional groups attached to an aromatic ring is 1. The zero-order chi connectivity index (χ0) is 28.9. The molecule has 2 aliphatic rings. The molecule has 4 aromatic rings. The third-order valence-electron chi connectivity index (χ3n) is 7.82. The Hall–Kier alpha value is -4.48. The number of likely N-dealkylation sites (tertiary alicyclic amines) is 1. The Morgan fingerprint density at radius 3 is 2.49 bits per heavy atom. The molecule has 1 saturated heterocycles. The number of halogens is 3. The number of rotatable bonds is 5. The van der Waals surface area contributed by atoms with Gasteiger partial charge in [-0.3, -0.25) is 14.0 Å². The van der Waals surface area contributed by atoms with Gasteiger partial charge in [0.25, 0.3) is 5.91 Å². The summed E-state index contributed by atoms with van der Waals surface area (Å²) in [5, 5.41) is 2.41. The van der Waals surface area contributed by atoms with Crippen LogP contribution in [0.2, 0.25) is 0 Å². The third-order valence-corrected chi connectivity index (χ3v) is 7.82. The smallest absolute Gasteiger partial charge is 0.382 e. The normalized spacial score (nSPS) is 19.4. The van der Waals surface area contributed by atoms with Gasteiger partial charge >= 0.3 is 6.18 Å². The molecule has 2 unspecified atom stereocenters. The van der Waals surface area contributed by atoms with Gasteiger partial charge in [-0.2, -0.15) is 13.2 Å². The van der Waals surface area contributed by atoms with Gasteiger partial charge in [-0.25, -0.2) is 15.0 Å². The zero-order valence-corrected chi connectivity index (χ0v) is 22.2. The van der Waals surface area contributed by atoms with Crippen LogP contribution in [0.5, 0.6) is 0 Å². The molecule has 6 rings (SSSR count). The number of fused-ring (bicyclic) bond motifs is 1. The van der Waals surface area contributed by atoms with Gasteiger partial charge < -0.3 is 16.0 Å². The summed E-state index contributed by atoms with van der Waals surface area (Å²) in [7, 11) is 0. The summed E-state index contributed by atoms with van der Waals surface area (Å²) >= 11 is 0. The topological polar surface area (TPSA) is 119 Å². The maximum absolute atomic E-state index is 13.0. The van der Waals surface area contributed by atoms with Crippen LogP contribution in [0, 0.1) is 5.92 Å². The number of pyridine rings is 1. The number of hydrogen-bond acceptors (Lipinski definition) is 6. The van der Waals surface area contributed by atoms with Crippen molar-refractivity contribution >= 4 is 29.0 Å². The summed E-state index contributed by atoms with van der Waals surface area (Å²) in [5.41, 5.74) is 7.55. The van der Waals surface area contributed by atoms with Crippen LogP contribution in [-0.2, 0) is 11.0 Å². The molecule has 2 atom stereocenters. The SMILES string of the molecule is CC1CCC(c2nc(-c3ccc(C(=O)Nc4cc(C(F)(F)F)ccn4)cc3)c3c(N)nccn23)CN1C(=O)C1CC1. The van der Waals surface area contributed by atoms with Crippen LogP contribution in [0.25, 0.3) is 16.8 Å². The van der Waals surface area contributed by atoms with E-state index in [-0.39, 0.29) is 35.2 Å². The molecule has 4 heterocycles. The van der Waals surface area contributed by atoms with Gasteiger partial charge in [-0.05, 0) is 56.9 Å². The van der Waals surface area contributed by atoms with E-state index >= 15 is 0 Å². The van der Waals surface area contributed by atoms with E-state index in [1.165, 1.54) is 0 Å². The number of aromatic nitrogens is 4. The summed E-state index contributed by atoms with van der Waals surface area (Å²) in [5.74, 6) is 0.672. The number of nitrogens with zero attached hydrogens (tertiary/aromatic N) is 5. The minimum Gasteiger partial charge on any atom is -0.382 e. The molecule has 3 aromatic heterocycles. The quantitative estimate of drug-likeness (QED) is 0.347. The molecule has 1 aromatic carbocycles. The van der Waals surface area contributed by atoms with Crippen molar-refractivity contribution in [1.29, 1.82) is 0 Å². The highest BCUT2D eigenvalue weighted by Gasteiger charge is 2.39. The van der Waals surface area contributed by atoms with E-state index in [1.807, 2.05) is 15.5 Å². The number of anilines is 2. The Morgan fingerprint density at radius 2 is 1.78 bits per heavy atom.